The van der Waals surface area contributed by atoms with Gasteiger partial charge in [-0.1, -0.05) is 25.4 Å². The van der Waals surface area contributed by atoms with Gasteiger partial charge in [0.25, 0.3) is 5.91 Å². The number of nitrogens with zero attached hydrogens (tertiary/aromatic N) is 1. The Labute approximate surface area is 200 Å². The summed E-state index contributed by atoms with van der Waals surface area (Å²) in [6.45, 7) is 9.99. The van der Waals surface area contributed by atoms with E-state index in [1.54, 1.807) is 36.9 Å². The molecule has 0 unspecified atom stereocenters. The number of hydrogen-bond donors (Lipinski definition) is 1. The second-order valence-corrected chi connectivity index (χ2v) is 10.2. The van der Waals surface area contributed by atoms with Gasteiger partial charge < -0.3 is 19.5 Å². The van der Waals surface area contributed by atoms with E-state index in [2.05, 4.69) is 0 Å². The lowest BCUT2D eigenvalue weighted by atomic mass is 9.81. The topological polar surface area (TPSA) is 59.0 Å². The molecule has 0 aromatic heterocycles. The van der Waals surface area contributed by atoms with Crippen LogP contribution in [-0.2, 0) is 4.79 Å². The predicted octanol–water partition coefficient (Wildman–Crippen LogP) is 5.40. The molecule has 180 valence electrons. The Balaban J connectivity index is 1.78. The maximum atomic E-state index is 13.4. The molecule has 1 saturated heterocycles. The molecule has 1 heterocycles. The lowest BCUT2D eigenvalue weighted by Gasteiger charge is -2.46. The van der Waals surface area contributed by atoms with Gasteiger partial charge >= 0.3 is 0 Å². The number of carbonyl (C=O) groups excluding carboxylic acids is 1. The SMILES string of the molecule is Cc1cc(OC(C)(C)C(=O)N2CC[C@@](O)(CC(C)C)[C@@H](Oc3ccc(F)cc3)C2)ccc1Cl. The number of piperidine rings is 1. The highest BCUT2D eigenvalue weighted by atomic mass is 35.5. The van der Waals surface area contributed by atoms with Crippen molar-refractivity contribution in [3.8, 4) is 11.5 Å². The van der Waals surface area contributed by atoms with Crippen molar-refractivity contribution in [2.45, 2.75) is 64.8 Å². The molecule has 5 nitrogen and oxygen atoms in total. The fourth-order valence-electron chi connectivity index (χ4n) is 4.30. The number of rotatable bonds is 7. The van der Waals surface area contributed by atoms with E-state index in [1.165, 1.54) is 24.3 Å². The first kappa shape index (κ1) is 25.3. The van der Waals surface area contributed by atoms with Crippen molar-refractivity contribution in [3.05, 3.63) is 58.9 Å². The minimum absolute atomic E-state index is 0.200. The molecule has 2 aromatic rings. The molecule has 2 aromatic carbocycles. The molecule has 0 radical (unpaired) electrons. The summed E-state index contributed by atoms with van der Waals surface area (Å²) < 4.78 is 25.5. The molecule has 1 amide bonds. The number of aliphatic hydroxyl groups is 1. The summed E-state index contributed by atoms with van der Waals surface area (Å²) in [6, 6.07) is 11.0. The summed E-state index contributed by atoms with van der Waals surface area (Å²) in [6.07, 6.45) is 0.251. The highest BCUT2D eigenvalue weighted by Gasteiger charge is 2.47. The number of halogens is 2. The third-order valence-corrected chi connectivity index (χ3v) is 6.38. The maximum Gasteiger partial charge on any atom is 0.266 e. The Bertz CT molecular complexity index is 979. The number of ether oxygens (including phenoxy) is 2. The van der Waals surface area contributed by atoms with E-state index in [-0.39, 0.29) is 24.2 Å². The fourth-order valence-corrected chi connectivity index (χ4v) is 4.42. The van der Waals surface area contributed by atoms with Crippen molar-refractivity contribution >= 4 is 17.5 Å². The number of carbonyl (C=O) groups is 1. The standard InChI is InChI=1S/C26H33ClFNO4/c1-17(2)15-26(31)12-13-29(16-23(26)32-20-8-6-19(28)7-9-20)24(30)25(4,5)33-21-10-11-22(27)18(3)14-21/h6-11,14,17,23,31H,12-13,15-16H2,1-5H3/t23-,26+/m0/s1. The van der Waals surface area contributed by atoms with Gasteiger partial charge in [-0.3, -0.25) is 4.79 Å². The van der Waals surface area contributed by atoms with E-state index >= 15 is 0 Å². The Morgan fingerprint density at radius 2 is 1.88 bits per heavy atom. The van der Waals surface area contributed by atoms with Gasteiger partial charge in [-0.15, -0.1) is 0 Å². The van der Waals surface area contributed by atoms with Gasteiger partial charge in [0.1, 0.15) is 29.0 Å². The van der Waals surface area contributed by atoms with Gasteiger partial charge in [-0.05, 0) is 87.6 Å². The summed E-state index contributed by atoms with van der Waals surface area (Å²) >= 11 is 6.10. The van der Waals surface area contributed by atoms with Gasteiger partial charge in [0.2, 0.25) is 0 Å². The molecule has 0 spiro atoms. The number of aryl methyl sites for hydroxylation is 1. The van der Waals surface area contributed by atoms with Crippen LogP contribution >= 0.6 is 11.6 Å². The van der Waals surface area contributed by atoms with Crippen molar-refractivity contribution in [2.24, 2.45) is 5.92 Å². The van der Waals surface area contributed by atoms with Crippen LogP contribution < -0.4 is 9.47 Å². The van der Waals surface area contributed by atoms with Crippen molar-refractivity contribution in [3.63, 3.8) is 0 Å². The van der Waals surface area contributed by atoms with Crippen LogP contribution in [0.5, 0.6) is 11.5 Å². The number of amides is 1. The van der Waals surface area contributed by atoms with Crippen LogP contribution in [0.25, 0.3) is 0 Å². The Hall–Kier alpha value is -2.31. The smallest absolute Gasteiger partial charge is 0.266 e. The van der Waals surface area contributed by atoms with Crippen molar-refractivity contribution in [1.82, 2.24) is 4.90 Å². The van der Waals surface area contributed by atoms with E-state index < -0.39 is 17.3 Å². The number of benzene rings is 2. The molecule has 0 saturated carbocycles. The summed E-state index contributed by atoms with van der Waals surface area (Å²) in [5.74, 6) is 0.684. The van der Waals surface area contributed by atoms with Crippen LogP contribution in [0.2, 0.25) is 5.02 Å². The average Bonchev–Trinajstić information content (AvgIpc) is 2.72. The van der Waals surface area contributed by atoms with Crippen molar-refractivity contribution in [2.75, 3.05) is 13.1 Å². The molecule has 1 N–H and O–H groups in total. The highest BCUT2D eigenvalue weighted by Crippen LogP contribution is 2.34. The predicted molar refractivity (Wildman–Crippen MR) is 127 cm³/mol. The molecule has 1 fully saturated rings. The van der Waals surface area contributed by atoms with Crippen LogP contribution in [0.15, 0.2) is 42.5 Å². The number of hydrogen-bond acceptors (Lipinski definition) is 4. The van der Waals surface area contributed by atoms with Crippen molar-refractivity contribution < 1.29 is 23.8 Å². The third kappa shape index (κ3) is 6.18. The molecule has 1 aliphatic rings. The van der Waals surface area contributed by atoms with E-state index in [1.807, 2.05) is 20.8 Å². The first-order valence-electron chi connectivity index (χ1n) is 11.3. The summed E-state index contributed by atoms with van der Waals surface area (Å²) in [7, 11) is 0. The molecule has 2 atom stereocenters. The Morgan fingerprint density at radius 3 is 2.48 bits per heavy atom. The molecule has 0 aliphatic carbocycles. The van der Waals surface area contributed by atoms with Crippen LogP contribution in [0, 0.1) is 18.7 Å². The van der Waals surface area contributed by atoms with E-state index in [0.717, 1.165) is 5.56 Å². The molecular weight excluding hydrogens is 445 g/mol. The molecule has 7 heteroatoms. The van der Waals surface area contributed by atoms with Gasteiger partial charge in [-0.2, -0.15) is 0 Å². The van der Waals surface area contributed by atoms with E-state index in [4.69, 9.17) is 21.1 Å². The minimum Gasteiger partial charge on any atom is -0.486 e. The zero-order valence-corrected chi connectivity index (χ0v) is 20.7. The summed E-state index contributed by atoms with van der Waals surface area (Å²) in [4.78, 5) is 15.1. The third-order valence-electron chi connectivity index (χ3n) is 5.96. The lowest BCUT2D eigenvalue weighted by molar-refractivity contribution is -0.160. The van der Waals surface area contributed by atoms with Gasteiger partial charge in [0, 0.05) is 11.6 Å². The van der Waals surface area contributed by atoms with Crippen LogP contribution in [0.3, 0.4) is 0 Å². The van der Waals surface area contributed by atoms with Crippen LogP contribution in [0.4, 0.5) is 4.39 Å². The van der Waals surface area contributed by atoms with Crippen LogP contribution in [-0.4, -0.2) is 46.3 Å². The summed E-state index contributed by atoms with van der Waals surface area (Å²) in [5, 5.41) is 12.1. The van der Waals surface area contributed by atoms with E-state index in [0.29, 0.717) is 35.9 Å². The fraction of sp³-hybridized carbons (Fsp3) is 0.500. The normalized spacial score (nSPS) is 21.2. The first-order valence-corrected chi connectivity index (χ1v) is 11.7. The first-order chi connectivity index (χ1) is 15.4. The molecule has 0 bridgehead atoms. The van der Waals surface area contributed by atoms with E-state index in [9.17, 15) is 14.3 Å². The quantitative estimate of drug-likeness (QED) is 0.580. The van der Waals surface area contributed by atoms with Crippen molar-refractivity contribution in [1.29, 1.82) is 0 Å². The maximum absolute atomic E-state index is 13.4. The average molecular weight is 478 g/mol. The zero-order chi connectivity index (χ0) is 24.4. The summed E-state index contributed by atoms with van der Waals surface area (Å²) in [5.41, 5.74) is -1.37. The Morgan fingerprint density at radius 1 is 1.24 bits per heavy atom. The second-order valence-electron chi connectivity index (χ2n) is 9.79. The largest absolute Gasteiger partial charge is 0.486 e. The molecule has 3 rings (SSSR count). The highest BCUT2D eigenvalue weighted by molar-refractivity contribution is 6.31. The lowest BCUT2D eigenvalue weighted by Crippen LogP contribution is -2.62. The molecular formula is C26H33ClFNO4. The number of likely N-dealkylation sites (tertiary alicyclic amines) is 1. The van der Waals surface area contributed by atoms with Crippen LogP contribution in [0.1, 0.15) is 46.1 Å². The zero-order valence-electron chi connectivity index (χ0n) is 19.9. The monoisotopic (exact) mass is 477 g/mol. The molecule has 33 heavy (non-hydrogen) atoms. The van der Waals surface area contributed by atoms with Gasteiger partial charge in [0.15, 0.2) is 5.60 Å². The van der Waals surface area contributed by atoms with Gasteiger partial charge in [-0.25, -0.2) is 4.39 Å². The Kier molecular flexibility index (Phi) is 7.59. The minimum atomic E-state index is -1.13. The van der Waals surface area contributed by atoms with Gasteiger partial charge in [0.05, 0.1) is 6.54 Å². The molecule has 1 aliphatic heterocycles. The second kappa shape index (κ2) is 9.90.